The molecule has 0 unspecified atom stereocenters. The van der Waals surface area contributed by atoms with Gasteiger partial charge in [-0.05, 0) is 34.2 Å². The Kier molecular flexibility index (Phi) is 4.20. The minimum Gasteiger partial charge on any atom is -0.494 e. The minimum absolute atomic E-state index is 0.0973. The first-order valence-electron chi connectivity index (χ1n) is 3.98. The van der Waals surface area contributed by atoms with Crippen molar-refractivity contribution in [2.24, 2.45) is 0 Å². The molecule has 15 heavy (non-hydrogen) atoms. The van der Waals surface area contributed by atoms with Gasteiger partial charge in [0.05, 0.1) is 19.6 Å². The quantitative estimate of drug-likeness (QED) is 0.634. The summed E-state index contributed by atoms with van der Waals surface area (Å²) in [6.45, 7) is 0. The highest BCUT2D eigenvalue weighted by Gasteiger charge is 2.17. The number of hydrogen-bond acceptors (Lipinski definition) is 3. The maximum atomic E-state index is 12.6. The number of pyridine rings is 1. The summed E-state index contributed by atoms with van der Waals surface area (Å²) in [5.74, 6) is 0.408. The Morgan fingerprint density at radius 1 is 1.67 bits per heavy atom. The zero-order valence-corrected chi connectivity index (χ0v) is 9.96. The van der Waals surface area contributed by atoms with Crippen molar-refractivity contribution in [1.29, 1.82) is 5.26 Å². The van der Waals surface area contributed by atoms with Gasteiger partial charge in [-0.1, -0.05) is 0 Å². The van der Waals surface area contributed by atoms with E-state index in [9.17, 15) is 8.78 Å². The number of aromatic nitrogens is 1. The van der Waals surface area contributed by atoms with Crippen LogP contribution in [0.25, 0.3) is 0 Å². The van der Waals surface area contributed by atoms with Gasteiger partial charge in [0, 0.05) is 0 Å². The number of rotatable bonds is 3. The third-order valence-electron chi connectivity index (χ3n) is 1.75. The number of nitrogens with zero attached hydrogens (tertiary/aromatic N) is 2. The molecule has 1 heterocycles. The van der Waals surface area contributed by atoms with Gasteiger partial charge >= 0.3 is 0 Å². The van der Waals surface area contributed by atoms with Crippen LogP contribution >= 0.6 is 22.6 Å². The molecule has 0 aliphatic rings. The van der Waals surface area contributed by atoms with E-state index >= 15 is 0 Å². The SMILES string of the molecule is COc1cc(CC#N)c(C(F)F)nc1I. The molecule has 1 aromatic rings. The van der Waals surface area contributed by atoms with Gasteiger partial charge in [-0.25, -0.2) is 13.8 Å². The summed E-state index contributed by atoms with van der Waals surface area (Å²) in [5, 5.41) is 8.49. The minimum atomic E-state index is -2.67. The lowest BCUT2D eigenvalue weighted by Crippen LogP contribution is -2.02. The Labute approximate surface area is 99.2 Å². The molecule has 0 aromatic carbocycles. The first-order chi connectivity index (χ1) is 7.10. The first kappa shape index (κ1) is 12.1. The van der Waals surface area contributed by atoms with Crippen LogP contribution in [0, 0.1) is 15.0 Å². The van der Waals surface area contributed by atoms with Gasteiger partial charge in [-0.3, -0.25) is 0 Å². The summed E-state index contributed by atoms with van der Waals surface area (Å²) in [4.78, 5) is 3.72. The van der Waals surface area contributed by atoms with Crippen molar-refractivity contribution >= 4 is 22.6 Å². The smallest absolute Gasteiger partial charge is 0.280 e. The number of halogens is 3. The van der Waals surface area contributed by atoms with Crippen LogP contribution in [0.2, 0.25) is 0 Å². The van der Waals surface area contributed by atoms with E-state index in [2.05, 4.69) is 4.98 Å². The molecule has 0 saturated carbocycles. The number of nitriles is 1. The molecule has 1 aromatic heterocycles. The van der Waals surface area contributed by atoms with E-state index in [4.69, 9.17) is 10.00 Å². The maximum absolute atomic E-state index is 12.6. The summed E-state index contributed by atoms with van der Waals surface area (Å²) in [7, 11) is 1.43. The third-order valence-corrected chi connectivity index (χ3v) is 2.53. The highest BCUT2D eigenvalue weighted by Crippen LogP contribution is 2.28. The zero-order valence-electron chi connectivity index (χ0n) is 7.80. The first-order valence-corrected chi connectivity index (χ1v) is 5.06. The molecular formula is C9H7F2IN2O. The Bertz CT molecular complexity index is 404. The van der Waals surface area contributed by atoms with Crippen LogP contribution in [-0.2, 0) is 6.42 Å². The van der Waals surface area contributed by atoms with Crippen LogP contribution in [0.3, 0.4) is 0 Å². The molecule has 0 fully saturated rings. The fourth-order valence-electron chi connectivity index (χ4n) is 1.08. The molecule has 0 saturated heterocycles. The molecule has 0 N–H and O–H groups in total. The molecule has 0 aliphatic carbocycles. The second-order valence-corrected chi connectivity index (χ2v) is 3.68. The number of hydrogen-bond donors (Lipinski definition) is 0. The Hall–Kier alpha value is -0.970. The average molecular weight is 324 g/mol. The fraction of sp³-hybridized carbons (Fsp3) is 0.333. The van der Waals surface area contributed by atoms with Crippen LogP contribution in [0.1, 0.15) is 17.7 Å². The standard InChI is InChI=1S/C9H7F2IN2O/c1-15-6-4-5(2-3-13)7(8(10)11)14-9(6)12/h4,8H,2H2,1H3. The Balaban J connectivity index is 3.26. The zero-order chi connectivity index (χ0) is 11.4. The lowest BCUT2D eigenvalue weighted by atomic mass is 10.1. The van der Waals surface area contributed by atoms with E-state index in [1.807, 2.05) is 28.7 Å². The molecule has 0 bridgehead atoms. The number of ether oxygens (including phenoxy) is 1. The molecular weight excluding hydrogens is 317 g/mol. The van der Waals surface area contributed by atoms with Crippen LogP contribution < -0.4 is 4.74 Å². The van der Waals surface area contributed by atoms with Gasteiger partial charge < -0.3 is 4.74 Å². The second kappa shape index (κ2) is 5.21. The summed E-state index contributed by atoms with van der Waals surface area (Å²) in [5.41, 5.74) is -0.133. The summed E-state index contributed by atoms with van der Waals surface area (Å²) < 4.78 is 30.4. The van der Waals surface area contributed by atoms with E-state index in [1.165, 1.54) is 13.2 Å². The monoisotopic (exact) mass is 324 g/mol. The topological polar surface area (TPSA) is 45.9 Å². The Morgan fingerprint density at radius 2 is 2.33 bits per heavy atom. The lowest BCUT2D eigenvalue weighted by molar-refractivity contribution is 0.144. The van der Waals surface area contributed by atoms with Crippen molar-refractivity contribution in [3.05, 3.63) is 21.0 Å². The fourth-order valence-corrected chi connectivity index (χ4v) is 1.72. The lowest BCUT2D eigenvalue weighted by Gasteiger charge is -2.09. The summed E-state index contributed by atoms with van der Waals surface area (Å²) in [6.07, 6.45) is -2.77. The average Bonchev–Trinajstić information content (AvgIpc) is 2.20. The largest absolute Gasteiger partial charge is 0.494 e. The van der Waals surface area contributed by atoms with Crippen molar-refractivity contribution in [3.8, 4) is 11.8 Å². The molecule has 3 nitrogen and oxygen atoms in total. The van der Waals surface area contributed by atoms with Crippen molar-refractivity contribution < 1.29 is 13.5 Å². The summed E-state index contributed by atoms with van der Waals surface area (Å²) in [6, 6.07) is 3.25. The van der Waals surface area contributed by atoms with E-state index in [1.54, 1.807) is 0 Å². The highest BCUT2D eigenvalue weighted by atomic mass is 127. The van der Waals surface area contributed by atoms with Crippen LogP contribution in [-0.4, -0.2) is 12.1 Å². The predicted molar refractivity (Wildman–Crippen MR) is 57.8 cm³/mol. The van der Waals surface area contributed by atoms with Crippen molar-refractivity contribution in [2.45, 2.75) is 12.8 Å². The maximum Gasteiger partial charge on any atom is 0.280 e. The number of methoxy groups -OCH3 is 1. The van der Waals surface area contributed by atoms with Crippen molar-refractivity contribution in [1.82, 2.24) is 4.98 Å². The summed E-state index contributed by atoms with van der Waals surface area (Å²) >= 11 is 1.81. The van der Waals surface area contributed by atoms with Crippen molar-refractivity contribution in [2.75, 3.05) is 7.11 Å². The highest BCUT2D eigenvalue weighted by molar-refractivity contribution is 14.1. The Morgan fingerprint density at radius 3 is 2.80 bits per heavy atom. The van der Waals surface area contributed by atoms with Crippen LogP contribution in [0.4, 0.5) is 8.78 Å². The van der Waals surface area contributed by atoms with E-state index in [-0.39, 0.29) is 17.7 Å². The molecule has 6 heteroatoms. The molecule has 0 amide bonds. The second-order valence-electron chi connectivity index (χ2n) is 2.66. The normalized spacial score (nSPS) is 10.1. The molecule has 0 atom stereocenters. The predicted octanol–water partition coefficient (Wildman–Crippen LogP) is 2.70. The third kappa shape index (κ3) is 2.75. The molecule has 0 aliphatic heterocycles. The van der Waals surface area contributed by atoms with Gasteiger partial charge in [0.1, 0.15) is 9.39 Å². The van der Waals surface area contributed by atoms with Gasteiger partial charge in [-0.2, -0.15) is 5.26 Å². The van der Waals surface area contributed by atoms with Gasteiger partial charge in [0.2, 0.25) is 0 Å². The van der Waals surface area contributed by atoms with E-state index in [0.29, 0.717) is 9.45 Å². The van der Waals surface area contributed by atoms with Gasteiger partial charge in [0.15, 0.2) is 5.75 Å². The molecule has 80 valence electrons. The van der Waals surface area contributed by atoms with E-state index in [0.717, 1.165) is 0 Å². The van der Waals surface area contributed by atoms with Gasteiger partial charge in [-0.15, -0.1) is 0 Å². The van der Waals surface area contributed by atoms with E-state index < -0.39 is 6.43 Å². The molecule has 0 radical (unpaired) electrons. The molecule has 1 rings (SSSR count). The van der Waals surface area contributed by atoms with Gasteiger partial charge in [0.25, 0.3) is 6.43 Å². The molecule has 0 spiro atoms. The number of alkyl halides is 2. The van der Waals surface area contributed by atoms with Crippen LogP contribution in [0.5, 0.6) is 5.75 Å². The van der Waals surface area contributed by atoms with Crippen LogP contribution in [0.15, 0.2) is 6.07 Å². The van der Waals surface area contributed by atoms with Crippen molar-refractivity contribution in [3.63, 3.8) is 0 Å².